The molecule has 6 heteroatoms. The van der Waals surface area contributed by atoms with Gasteiger partial charge in [-0.15, -0.1) is 0 Å². The van der Waals surface area contributed by atoms with Crippen molar-refractivity contribution in [2.45, 2.75) is 84.5 Å². The first-order valence-electron chi connectivity index (χ1n) is 10.6. The van der Waals surface area contributed by atoms with Crippen LogP contribution in [-0.2, 0) is 26.1 Å². The van der Waals surface area contributed by atoms with Crippen molar-refractivity contribution >= 4 is 5.82 Å². The van der Waals surface area contributed by atoms with Crippen LogP contribution in [0.1, 0.15) is 68.4 Å². The molecule has 0 saturated heterocycles. The Bertz CT molecular complexity index is 762. The van der Waals surface area contributed by atoms with Crippen LogP contribution < -0.4 is 5.32 Å². The maximum atomic E-state index is 4.85. The van der Waals surface area contributed by atoms with Gasteiger partial charge in [0.15, 0.2) is 0 Å². The Morgan fingerprint density at radius 1 is 1.04 bits per heavy atom. The third-order valence-electron chi connectivity index (χ3n) is 5.89. The summed E-state index contributed by atoms with van der Waals surface area (Å²) in [5.74, 6) is 1.71. The van der Waals surface area contributed by atoms with Crippen molar-refractivity contribution in [3.05, 3.63) is 35.0 Å². The summed E-state index contributed by atoms with van der Waals surface area (Å²) in [6.07, 6.45) is 9.07. The van der Waals surface area contributed by atoms with E-state index in [4.69, 9.17) is 5.10 Å². The molecule has 1 fully saturated rings. The topological polar surface area (TPSA) is 58.9 Å². The molecule has 0 atom stereocenters. The summed E-state index contributed by atoms with van der Waals surface area (Å²) in [5, 5.41) is 8.29. The highest BCUT2D eigenvalue weighted by Crippen LogP contribution is 2.26. The van der Waals surface area contributed by atoms with E-state index >= 15 is 0 Å². The molecule has 0 unspecified atom stereocenters. The molecule has 2 aromatic rings. The van der Waals surface area contributed by atoms with Gasteiger partial charge in [-0.1, -0.05) is 26.2 Å². The Morgan fingerprint density at radius 3 is 2.70 bits per heavy atom. The number of hydrogen-bond donors (Lipinski definition) is 1. The molecule has 0 aromatic carbocycles. The summed E-state index contributed by atoms with van der Waals surface area (Å²) in [6, 6.07) is 5.10. The lowest BCUT2D eigenvalue weighted by Crippen LogP contribution is -2.36. The molecule has 0 spiro atoms. The molecule has 0 bridgehead atoms. The Morgan fingerprint density at radius 2 is 1.89 bits per heavy atom. The van der Waals surface area contributed by atoms with E-state index in [-0.39, 0.29) is 0 Å². The predicted molar refractivity (Wildman–Crippen MR) is 108 cm³/mol. The molecule has 146 valence electrons. The van der Waals surface area contributed by atoms with Crippen molar-refractivity contribution in [2.75, 3.05) is 11.9 Å². The third kappa shape index (κ3) is 4.49. The lowest BCUT2D eigenvalue weighted by molar-refractivity contribution is 0.150. The molecule has 6 nitrogen and oxygen atoms in total. The second-order valence-corrected chi connectivity index (χ2v) is 7.96. The molecule has 1 N–H and O–H groups in total. The molecule has 1 saturated carbocycles. The Balaban J connectivity index is 1.42. The minimum atomic E-state index is 0.711. The number of anilines is 1. The minimum absolute atomic E-state index is 0.711. The fourth-order valence-corrected chi connectivity index (χ4v) is 4.47. The molecular weight excluding hydrogens is 336 g/mol. The average molecular weight is 369 g/mol. The van der Waals surface area contributed by atoms with Gasteiger partial charge in [0.2, 0.25) is 0 Å². The molecule has 2 aromatic heterocycles. The first-order valence-corrected chi connectivity index (χ1v) is 10.6. The van der Waals surface area contributed by atoms with E-state index in [1.807, 2.05) is 13.0 Å². The van der Waals surface area contributed by atoms with Crippen LogP contribution >= 0.6 is 0 Å². The second kappa shape index (κ2) is 8.38. The van der Waals surface area contributed by atoms with Crippen molar-refractivity contribution in [2.24, 2.45) is 0 Å². The number of nitrogens with zero attached hydrogens (tertiary/aromatic N) is 5. The van der Waals surface area contributed by atoms with Gasteiger partial charge in [0, 0.05) is 37.4 Å². The van der Waals surface area contributed by atoms with E-state index in [0.29, 0.717) is 6.54 Å². The van der Waals surface area contributed by atoms with Crippen LogP contribution in [0.3, 0.4) is 0 Å². The van der Waals surface area contributed by atoms with Gasteiger partial charge in [-0.3, -0.25) is 9.58 Å². The highest BCUT2D eigenvalue weighted by atomic mass is 15.3. The molecule has 27 heavy (non-hydrogen) atoms. The minimum Gasteiger partial charge on any atom is -0.364 e. The predicted octanol–water partition coefficient (Wildman–Crippen LogP) is 3.69. The lowest BCUT2D eigenvalue weighted by Gasteiger charge is -2.33. The number of hydrogen-bond acceptors (Lipinski definition) is 5. The molecule has 1 aliphatic heterocycles. The van der Waals surface area contributed by atoms with E-state index in [1.165, 1.54) is 50.8 Å². The fourth-order valence-electron chi connectivity index (χ4n) is 4.47. The average Bonchev–Trinajstić information content (AvgIpc) is 2.96. The van der Waals surface area contributed by atoms with Crippen LogP contribution in [0.15, 0.2) is 12.1 Å². The van der Waals surface area contributed by atoms with E-state index in [1.54, 1.807) is 0 Å². The normalized spacial score (nSPS) is 18.9. The van der Waals surface area contributed by atoms with Crippen LogP contribution in [0.2, 0.25) is 0 Å². The Hall–Kier alpha value is -1.95. The quantitative estimate of drug-likeness (QED) is 0.872. The van der Waals surface area contributed by atoms with Crippen molar-refractivity contribution in [3.63, 3.8) is 0 Å². The number of nitrogens with one attached hydrogen (secondary N) is 1. The van der Waals surface area contributed by atoms with Crippen LogP contribution in [0.4, 0.5) is 5.82 Å². The first kappa shape index (κ1) is 18.4. The summed E-state index contributed by atoms with van der Waals surface area (Å²) >= 11 is 0. The van der Waals surface area contributed by atoms with Gasteiger partial charge >= 0.3 is 0 Å². The SMILES string of the molecule is CCc1cc(NCc2cc3n(n2)CCCN(C2CCCCC2)C3)nc(C)n1. The number of rotatable bonds is 5. The van der Waals surface area contributed by atoms with Gasteiger partial charge in [-0.25, -0.2) is 9.97 Å². The van der Waals surface area contributed by atoms with Gasteiger partial charge < -0.3 is 5.32 Å². The summed E-state index contributed by atoms with van der Waals surface area (Å²) < 4.78 is 2.22. The maximum Gasteiger partial charge on any atom is 0.130 e. The standard InChI is InChI=1S/C21H32N6/c1-3-17-13-21(24-16(2)23-17)22-14-18-12-20-15-26(10-7-11-27(20)25-18)19-8-5-4-6-9-19/h12-13,19H,3-11,14-15H2,1-2H3,(H,22,23,24). The molecule has 3 heterocycles. The molecule has 4 rings (SSSR count). The van der Waals surface area contributed by atoms with Crippen LogP contribution in [0.5, 0.6) is 0 Å². The summed E-state index contributed by atoms with van der Waals surface area (Å²) in [6.45, 7) is 8.07. The molecule has 2 aliphatic rings. The summed E-state index contributed by atoms with van der Waals surface area (Å²) in [5.41, 5.74) is 3.54. The van der Waals surface area contributed by atoms with Crippen LogP contribution in [-0.4, -0.2) is 37.2 Å². The number of fused-ring (bicyclic) bond motifs is 1. The fraction of sp³-hybridized carbons (Fsp3) is 0.667. The number of aromatic nitrogens is 4. The second-order valence-electron chi connectivity index (χ2n) is 7.96. The van der Waals surface area contributed by atoms with Gasteiger partial charge in [-0.2, -0.15) is 5.10 Å². The highest BCUT2D eigenvalue weighted by molar-refractivity contribution is 5.36. The molecule has 1 aliphatic carbocycles. The smallest absolute Gasteiger partial charge is 0.130 e. The molecular formula is C21H32N6. The van der Waals surface area contributed by atoms with Gasteiger partial charge in [0.05, 0.1) is 17.9 Å². The zero-order valence-corrected chi connectivity index (χ0v) is 16.7. The first-order chi connectivity index (χ1) is 13.2. The highest BCUT2D eigenvalue weighted by Gasteiger charge is 2.24. The Labute approximate surface area is 162 Å². The monoisotopic (exact) mass is 368 g/mol. The van der Waals surface area contributed by atoms with Crippen molar-refractivity contribution < 1.29 is 0 Å². The van der Waals surface area contributed by atoms with Crippen LogP contribution in [0, 0.1) is 6.92 Å². The summed E-state index contributed by atoms with van der Waals surface area (Å²) in [7, 11) is 0. The van der Waals surface area contributed by atoms with Crippen molar-refractivity contribution in [1.29, 1.82) is 0 Å². The lowest BCUT2D eigenvalue weighted by atomic mass is 9.94. The zero-order chi connectivity index (χ0) is 18.6. The van der Waals surface area contributed by atoms with Crippen molar-refractivity contribution in [1.82, 2.24) is 24.6 Å². The van der Waals surface area contributed by atoms with Gasteiger partial charge in [0.1, 0.15) is 11.6 Å². The van der Waals surface area contributed by atoms with E-state index in [2.05, 4.69) is 37.9 Å². The summed E-state index contributed by atoms with van der Waals surface area (Å²) in [4.78, 5) is 11.7. The van der Waals surface area contributed by atoms with E-state index < -0.39 is 0 Å². The maximum absolute atomic E-state index is 4.85. The largest absolute Gasteiger partial charge is 0.364 e. The zero-order valence-electron chi connectivity index (χ0n) is 16.7. The Kier molecular flexibility index (Phi) is 5.72. The van der Waals surface area contributed by atoms with Crippen LogP contribution in [0.25, 0.3) is 0 Å². The van der Waals surface area contributed by atoms with E-state index in [9.17, 15) is 0 Å². The van der Waals surface area contributed by atoms with E-state index in [0.717, 1.165) is 48.6 Å². The molecule has 0 radical (unpaired) electrons. The third-order valence-corrected chi connectivity index (χ3v) is 5.89. The number of aryl methyl sites for hydroxylation is 3. The molecule has 0 amide bonds. The van der Waals surface area contributed by atoms with Gasteiger partial charge in [0.25, 0.3) is 0 Å². The van der Waals surface area contributed by atoms with Gasteiger partial charge in [-0.05, 0) is 38.7 Å². The van der Waals surface area contributed by atoms with Crippen molar-refractivity contribution in [3.8, 4) is 0 Å².